The third-order valence-corrected chi connectivity index (χ3v) is 3.44. The van der Waals surface area contributed by atoms with Gasteiger partial charge in [-0.05, 0) is 24.3 Å². The molecule has 1 atom stereocenters. The first-order valence-electron chi connectivity index (χ1n) is 7.46. The van der Waals surface area contributed by atoms with Gasteiger partial charge in [-0.25, -0.2) is 9.97 Å². The fourth-order valence-electron chi connectivity index (χ4n) is 2.18. The van der Waals surface area contributed by atoms with Crippen LogP contribution in [0.5, 0.6) is 0 Å². The van der Waals surface area contributed by atoms with Crippen molar-refractivity contribution in [1.82, 2.24) is 25.3 Å². The number of nitrogens with one attached hydrogen (secondary N) is 1. The molecule has 0 aromatic carbocycles. The van der Waals surface area contributed by atoms with Gasteiger partial charge in [-0.3, -0.25) is 14.8 Å². The number of hydrogen-bond donors (Lipinski definition) is 1. The number of carbonyl (C=O) groups is 1. The van der Waals surface area contributed by atoms with E-state index in [0.29, 0.717) is 11.4 Å². The van der Waals surface area contributed by atoms with Gasteiger partial charge in [0.2, 0.25) is 0 Å². The number of amides is 1. The second-order valence-corrected chi connectivity index (χ2v) is 5.23. The van der Waals surface area contributed by atoms with E-state index in [0.717, 1.165) is 0 Å². The molecule has 6 nitrogen and oxygen atoms in total. The minimum atomic E-state index is -4.69. The van der Waals surface area contributed by atoms with E-state index in [-0.39, 0.29) is 11.3 Å². The normalized spacial score (nSPS) is 12.4. The van der Waals surface area contributed by atoms with Crippen molar-refractivity contribution in [2.45, 2.75) is 12.2 Å². The van der Waals surface area contributed by atoms with E-state index in [9.17, 15) is 18.0 Å². The molecule has 0 fully saturated rings. The Morgan fingerprint density at radius 1 is 0.962 bits per heavy atom. The highest BCUT2D eigenvalue weighted by molar-refractivity contribution is 5.94. The Morgan fingerprint density at radius 2 is 1.65 bits per heavy atom. The quantitative estimate of drug-likeness (QED) is 0.775. The van der Waals surface area contributed by atoms with Gasteiger partial charge in [0.25, 0.3) is 5.91 Å². The van der Waals surface area contributed by atoms with Gasteiger partial charge in [0.05, 0.1) is 11.3 Å². The predicted molar refractivity (Wildman–Crippen MR) is 85.8 cm³/mol. The summed E-state index contributed by atoms with van der Waals surface area (Å²) < 4.78 is 39.8. The molecule has 0 saturated carbocycles. The molecule has 0 unspecified atom stereocenters. The van der Waals surface area contributed by atoms with Gasteiger partial charge in [-0.1, -0.05) is 6.07 Å². The summed E-state index contributed by atoms with van der Waals surface area (Å²) in [5, 5.41) is 1.93. The van der Waals surface area contributed by atoms with Gasteiger partial charge in [-0.15, -0.1) is 0 Å². The first kappa shape index (κ1) is 17.5. The van der Waals surface area contributed by atoms with Crippen LogP contribution < -0.4 is 5.32 Å². The van der Waals surface area contributed by atoms with Gasteiger partial charge in [0.1, 0.15) is 0 Å². The smallest absolute Gasteiger partial charge is 0.335 e. The van der Waals surface area contributed by atoms with Gasteiger partial charge < -0.3 is 5.32 Å². The second kappa shape index (κ2) is 7.26. The van der Waals surface area contributed by atoms with Crippen molar-refractivity contribution in [2.75, 3.05) is 0 Å². The molecule has 3 aromatic rings. The first-order valence-corrected chi connectivity index (χ1v) is 7.46. The average Bonchev–Trinajstić information content (AvgIpc) is 2.66. The van der Waals surface area contributed by atoms with Gasteiger partial charge >= 0.3 is 6.18 Å². The third kappa shape index (κ3) is 4.00. The Bertz CT molecular complexity index is 870. The number of aromatic nitrogens is 4. The number of alkyl halides is 3. The van der Waals surface area contributed by atoms with Crippen LogP contribution in [-0.2, 0) is 0 Å². The molecule has 0 aliphatic carbocycles. The molecule has 3 heterocycles. The minimum absolute atomic E-state index is 0.0898. The van der Waals surface area contributed by atoms with E-state index in [1.165, 1.54) is 36.8 Å². The fourth-order valence-corrected chi connectivity index (χ4v) is 2.18. The van der Waals surface area contributed by atoms with Crippen molar-refractivity contribution < 1.29 is 18.0 Å². The molecule has 3 rings (SSSR count). The Labute approximate surface area is 146 Å². The van der Waals surface area contributed by atoms with Gasteiger partial charge in [0, 0.05) is 36.5 Å². The van der Waals surface area contributed by atoms with E-state index in [2.05, 4.69) is 19.9 Å². The van der Waals surface area contributed by atoms with Crippen LogP contribution in [0.25, 0.3) is 11.4 Å². The highest BCUT2D eigenvalue weighted by atomic mass is 19.4. The molecule has 0 saturated heterocycles. The number of pyridine rings is 2. The first-order chi connectivity index (χ1) is 12.4. The van der Waals surface area contributed by atoms with Crippen LogP contribution >= 0.6 is 0 Å². The molecule has 9 heteroatoms. The van der Waals surface area contributed by atoms with Crippen LogP contribution in [0.15, 0.2) is 61.3 Å². The van der Waals surface area contributed by atoms with Crippen LogP contribution in [0.2, 0.25) is 0 Å². The molecule has 0 bridgehead atoms. The number of hydrogen-bond acceptors (Lipinski definition) is 5. The van der Waals surface area contributed by atoms with Crippen LogP contribution in [0.1, 0.15) is 22.1 Å². The third-order valence-electron chi connectivity index (χ3n) is 3.44. The molecular formula is C17H12F3N5O. The summed E-state index contributed by atoms with van der Waals surface area (Å²) in [5.74, 6) is -0.611. The van der Waals surface area contributed by atoms with E-state index in [1.54, 1.807) is 24.5 Å². The summed E-state index contributed by atoms with van der Waals surface area (Å²) in [4.78, 5) is 27.8. The molecule has 0 spiro atoms. The maximum atomic E-state index is 13.3. The Balaban J connectivity index is 1.80. The lowest BCUT2D eigenvalue weighted by atomic mass is 10.1. The summed E-state index contributed by atoms with van der Waals surface area (Å²) in [5.41, 5.74) is 0.282. The standard InChI is InChI=1S/C17H12F3N5O/c18-17(19,20)14(13-3-1-2-6-22-13)25-16(26)12-9-23-15(24-10-12)11-4-7-21-8-5-11/h1-10,14H,(H,25,26)/t14-/m1/s1. The summed E-state index contributed by atoms with van der Waals surface area (Å²) in [6.07, 6.45) is 1.99. The van der Waals surface area contributed by atoms with Crippen LogP contribution in [0.3, 0.4) is 0 Å². The lowest BCUT2D eigenvalue weighted by molar-refractivity contribution is -0.156. The fraction of sp³-hybridized carbons (Fsp3) is 0.118. The highest BCUT2D eigenvalue weighted by Gasteiger charge is 2.43. The van der Waals surface area contributed by atoms with E-state index in [1.807, 2.05) is 5.32 Å². The van der Waals surface area contributed by atoms with Crippen molar-refractivity contribution in [3.05, 3.63) is 72.6 Å². The predicted octanol–water partition coefficient (Wildman–Crippen LogP) is 2.97. The maximum Gasteiger partial charge on any atom is 0.414 e. The zero-order chi connectivity index (χ0) is 18.6. The Morgan fingerprint density at radius 3 is 2.23 bits per heavy atom. The summed E-state index contributed by atoms with van der Waals surface area (Å²) in [6, 6.07) is 5.23. The molecule has 26 heavy (non-hydrogen) atoms. The Hall–Kier alpha value is -3.36. The van der Waals surface area contributed by atoms with E-state index >= 15 is 0 Å². The summed E-state index contributed by atoms with van der Waals surface area (Å²) >= 11 is 0. The monoisotopic (exact) mass is 359 g/mol. The second-order valence-electron chi connectivity index (χ2n) is 5.23. The van der Waals surface area contributed by atoms with E-state index in [4.69, 9.17) is 0 Å². The zero-order valence-electron chi connectivity index (χ0n) is 13.2. The van der Waals surface area contributed by atoms with Crippen molar-refractivity contribution >= 4 is 5.91 Å². The minimum Gasteiger partial charge on any atom is -0.335 e. The lowest BCUT2D eigenvalue weighted by Crippen LogP contribution is -2.38. The number of carbonyl (C=O) groups excluding carboxylic acids is 1. The van der Waals surface area contributed by atoms with Crippen LogP contribution in [0, 0.1) is 0 Å². The summed E-state index contributed by atoms with van der Waals surface area (Å²) in [7, 11) is 0. The van der Waals surface area contributed by atoms with Gasteiger partial charge in [-0.2, -0.15) is 13.2 Å². The number of halogens is 3. The van der Waals surface area contributed by atoms with Crippen molar-refractivity contribution in [3.8, 4) is 11.4 Å². The van der Waals surface area contributed by atoms with Crippen molar-refractivity contribution in [2.24, 2.45) is 0 Å². The Kier molecular flexibility index (Phi) is 4.87. The average molecular weight is 359 g/mol. The topological polar surface area (TPSA) is 80.7 Å². The van der Waals surface area contributed by atoms with Gasteiger partial charge in [0.15, 0.2) is 11.9 Å². The van der Waals surface area contributed by atoms with Crippen LogP contribution in [0.4, 0.5) is 13.2 Å². The lowest BCUT2D eigenvalue weighted by Gasteiger charge is -2.21. The number of rotatable bonds is 4. The molecular weight excluding hydrogens is 347 g/mol. The molecule has 0 aliphatic heterocycles. The van der Waals surface area contributed by atoms with Crippen molar-refractivity contribution in [3.63, 3.8) is 0 Å². The maximum absolute atomic E-state index is 13.3. The SMILES string of the molecule is O=C(N[C@H](c1ccccn1)C(F)(F)F)c1cnc(-c2ccncc2)nc1. The van der Waals surface area contributed by atoms with Crippen molar-refractivity contribution in [1.29, 1.82) is 0 Å². The molecule has 1 N–H and O–H groups in total. The van der Waals surface area contributed by atoms with Crippen LogP contribution in [-0.4, -0.2) is 32.0 Å². The molecule has 0 aliphatic rings. The molecule has 0 radical (unpaired) electrons. The highest BCUT2D eigenvalue weighted by Crippen LogP contribution is 2.31. The largest absolute Gasteiger partial charge is 0.414 e. The zero-order valence-corrected chi connectivity index (χ0v) is 13.2. The summed E-state index contributed by atoms with van der Waals surface area (Å²) in [6.45, 7) is 0. The molecule has 1 amide bonds. The van der Waals surface area contributed by atoms with E-state index < -0.39 is 18.1 Å². The number of nitrogens with zero attached hydrogens (tertiary/aromatic N) is 4. The molecule has 132 valence electrons. The molecule has 3 aromatic heterocycles.